The number of hydrogen-bond donors (Lipinski definition) is 1. The molecule has 3 heterocycles. The number of nitrogens with zero attached hydrogens (tertiary/aromatic N) is 2. The first-order valence-electron chi connectivity index (χ1n) is 11.6. The minimum Gasteiger partial charge on any atom is -0.487 e. The highest BCUT2D eigenvalue weighted by atomic mass is 32.2. The summed E-state index contributed by atoms with van der Waals surface area (Å²) in [7, 11) is -3.23. The summed E-state index contributed by atoms with van der Waals surface area (Å²) < 4.78 is 30.7. The van der Waals surface area contributed by atoms with Crippen molar-refractivity contribution in [2.75, 3.05) is 25.4 Å². The number of likely N-dealkylation sites (tertiary alicyclic amines) is 1. The van der Waals surface area contributed by atoms with Gasteiger partial charge >= 0.3 is 0 Å². The van der Waals surface area contributed by atoms with E-state index < -0.39 is 9.84 Å². The van der Waals surface area contributed by atoms with Crippen LogP contribution in [0.15, 0.2) is 36.5 Å². The van der Waals surface area contributed by atoms with Crippen LogP contribution in [0.4, 0.5) is 0 Å². The third-order valence-electron chi connectivity index (χ3n) is 6.80. The molecule has 1 saturated heterocycles. The fourth-order valence-corrected chi connectivity index (χ4v) is 6.16. The Bertz CT molecular complexity index is 1030. The van der Waals surface area contributed by atoms with Gasteiger partial charge in [0.2, 0.25) is 0 Å². The molecule has 2 aliphatic rings. The standard InChI is InChI=1S/C25H34N2O4S/c1-19(2)27-12-10-25(11-13-27)9-8-22-16-21(5-7-24(22)31-25)23-6-4-20(17-26-23)18-32(29,30)15-3-14-28/h4-7,16-17,19,28H,3,8-15,18H2,1-2H3. The molecule has 0 aliphatic carbocycles. The Morgan fingerprint density at radius 1 is 1.16 bits per heavy atom. The maximum atomic E-state index is 12.1. The molecule has 4 rings (SSSR count). The molecule has 0 unspecified atom stereocenters. The molecule has 7 heteroatoms. The van der Waals surface area contributed by atoms with Crippen LogP contribution in [0.1, 0.15) is 50.7 Å². The number of aryl methyl sites for hydroxylation is 1. The molecule has 1 fully saturated rings. The predicted molar refractivity (Wildman–Crippen MR) is 126 cm³/mol. The van der Waals surface area contributed by atoms with Crippen LogP contribution >= 0.6 is 0 Å². The van der Waals surface area contributed by atoms with E-state index >= 15 is 0 Å². The SMILES string of the molecule is CC(C)N1CCC2(CCc3cc(-c4ccc(CS(=O)(=O)CCCO)cn4)ccc3O2)CC1. The van der Waals surface area contributed by atoms with E-state index in [2.05, 4.69) is 35.9 Å². The predicted octanol–water partition coefficient (Wildman–Crippen LogP) is 3.61. The first-order chi connectivity index (χ1) is 15.3. The van der Waals surface area contributed by atoms with Crippen molar-refractivity contribution < 1.29 is 18.3 Å². The van der Waals surface area contributed by atoms with Gasteiger partial charge in [0, 0.05) is 37.5 Å². The van der Waals surface area contributed by atoms with Crippen molar-refractivity contribution in [1.29, 1.82) is 0 Å². The van der Waals surface area contributed by atoms with Gasteiger partial charge in [0.1, 0.15) is 11.4 Å². The quantitative estimate of drug-likeness (QED) is 0.683. The third-order valence-corrected chi connectivity index (χ3v) is 8.48. The number of pyridine rings is 1. The summed E-state index contributed by atoms with van der Waals surface area (Å²) in [6.45, 7) is 6.59. The molecule has 0 atom stereocenters. The average molecular weight is 459 g/mol. The maximum absolute atomic E-state index is 12.1. The molecule has 2 aliphatic heterocycles. The summed E-state index contributed by atoms with van der Waals surface area (Å²) in [4.78, 5) is 7.04. The van der Waals surface area contributed by atoms with Crippen molar-refractivity contribution >= 4 is 9.84 Å². The lowest BCUT2D eigenvalue weighted by Crippen LogP contribution is -2.51. The molecular formula is C25H34N2O4S. The van der Waals surface area contributed by atoms with Gasteiger partial charge in [-0.3, -0.25) is 4.98 Å². The zero-order valence-electron chi connectivity index (χ0n) is 19.1. The summed E-state index contributed by atoms with van der Waals surface area (Å²) in [6.07, 6.45) is 6.12. The van der Waals surface area contributed by atoms with E-state index in [0.29, 0.717) is 11.6 Å². The van der Waals surface area contributed by atoms with Gasteiger partial charge in [0.05, 0.1) is 17.2 Å². The van der Waals surface area contributed by atoms with E-state index in [0.717, 1.165) is 55.8 Å². The molecule has 1 aromatic heterocycles. The van der Waals surface area contributed by atoms with Gasteiger partial charge in [-0.25, -0.2) is 8.42 Å². The van der Waals surface area contributed by atoms with Crippen molar-refractivity contribution in [2.45, 2.75) is 63.3 Å². The minimum atomic E-state index is -3.23. The second-order valence-corrected chi connectivity index (χ2v) is 11.6. The Morgan fingerprint density at radius 3 is 2.59 bits per heavy atom. The van der Waals surface area contributed by atoms with Crippen LogP contribution in [-0.2, 0) is 22.0 Å². The summed E-state index contributed by atoms with van der Waals surface area (Å²) >= 11 is 0. The number of sulfone groups is 1. The fraction of sp³-hybridized carbons (Fsp3) is 0.560. The molecule has 1 N–H and O–H groups in total. The highest BCUT2D eigenvalue weighted by Gasteiger charge is 2.39. The van der Waals surface area contributed by atoms with E-state index in [1.807, 2.05) is 18.2 Å². The van der Waals surface area contributed by atoms with Crippen LogP contribution in [0.5, 0.6) is 5.75 Å². The molecule has 1 aromatic carbocycles. The van der Waals surface area contributed by atoms with Gasteiger partial charge in [-0.15, -0.1) is 0 Å². The lowest BCUT2D eigenvalue weighted by Gasteiger charge is -2.45. The number of hydrogen-bond acceptors (Lipinski definition) is 6. The van der Waals surface area contributed by atoms with Gasteiger partial charge < -0.3 is 14.7 Å². The Balaban J connectivity index is 1.43. The topological polar surface area (TPSA) is 79.7 Å². The van der Waals surface area contributed by atoms with E-state index in [4.69, 9.17) is 9.84 Å². The number of benzene rings is 1. The zero-order chi connectivity index (χ0) is 22.8. The van der Waals surface area contributed by atoms with E-state index in [1.165, 1.54) is 5.56 Å². The lowest BCUT2D eigenvalue weighted by atomic mass is 9.82. The summed E-state index contributed by atoms with van der Waals surface area (Å²) in [5.74, 6) is 0.936. The maximum Gasteiger partial charge on any atom is 0.154 e. The number of rotatable bonds is 7. The van der Waals surface area contributed by atoms with Crippen molar-refractivity contribution in [2.24, 2.45) is 0 Å². The van der Waals surface area contributed by atoms with Crippen LogP contribution in [0.3, 0.4) is 0 Å². The van der Waals surface area contributed by atoms with Crippen molar-refractivity contribution in [3.05, 3.63) is 47.7 Å². The normalized spacial score (nSPS) is 18.5. The lowest BCUT2D eigenvalue weighted by molar-refractivity contribution is -0.0211. The smallest absolute Gasteiger partial charge is 0.154 e. The van der Waals surface area contributed by atoms with Crippen LogP contribution in [-0.4, -0.2) is 60.5 Å². The summed E-state index contributed by atoms with van der Waals surface area (Å²) in [6, 6.07) is 10.6. The molecule has 0 bridgehead atoms. The summed E-state index contributed by atoms with van der Waals surface area (Å²) in [5, 5.41) is 8.86. The average Bonchev–Trinajstić information content (AvgIpc) is 2.78. The van der Waals surface area contributed by atoms with Crippen LogP contribution in [0.2, 0.25) is 0 Å². The largest absolute Gasteiger partial charge is 0.487 e. The van der Waals surface area contributed by atoms with E-state index in [1.54, 1.807) is 6.20 Å². The highest BCUT2D eigenvalue weighted by Crippen LogP contribution is 2.40. The third kappa shape index (κ3) is 5.33. The van der Waals surface area contributed by atoms with Gasteiger partial charge in [-0.2, -0.15) is 0 Å². The van der Waals surface area contributed by atoms with E-state index in [-0.39, 0.29) is 30.1 Å². The van der Waals surface area contributed by atoms with Gasteiger partial charge in [-0.1, -0.05) is 6.07 Å². The number of aromatic nitrogens is 1. The van der Waals surface area contributed by atoms with Gasteiger partial charge in [0.25, 0.3) is 0 Å². The van der Waals surface area contributed by atoms with Gasteiger partial charge in [-0.05, 0) is 81.3 Å². The number of piperidine rings is 1. The number of ether oxygens (including phenoxy) is 1. The van der Waals surface area contributed by atoms with Crippen LogP contribution < -0.4 is 4.74 Å². The fourth-order valence-electron chi connectivity index (χ4n) is 4.77. The Kier molecular flexibility index (Phi) is 6.89. The zero-order valence-corrected chi connectivity index (χ0v) is 19.9. The Labute approximate surface area is 191 Å². The van der Waals surface area contributed by atoms with E-state index in [9.17, 15) is 8.42 Å². The minimum absolute atomic E-state index is 0.00688. The van der Waals surface area contributed by atoms with Crippen molar-refractivity contribution in [3.63, 3.8) is 0 Å². The summed E-state index contributed by atoms with van der Waals surface area (Å²) in [5.41, 5.74) is 3.71. The first-order valence-corrected chi connectivity index (χ1v) is 13.4. The second-order valence-electron chi connectivity index (χ2n) is 9.46. The number of aliphatic hydroxyl groups excluding tert-OH is 1. The molecule has 32 heavy (non-hydrogen) atoms. The molecule has 0 radical (unpaired) electrons. The number of aliphatic hydroxyl groups is 1. The molecule has 6 nitrogen and oxygen atoms in total. The highest BCUT2D eigenvalue weighted by molar-refractivity contribution is 7.90. The second kappa shape index (κ2) is 9.49. The first kappa shape index (κ1) is 23.2. The van der Waals surface area contributed by atoms with Crippen LogP contribution in [0, 0.1) is 0 Å². The number of fused-ring (bicyclic) bond motifs is 1. The van der Waals surface area contributed by atoms with Crippen LogP contribution in [0.25, 0.3) is 11.3 Å². The van der Waals surface area contributed by atoms with Crippen molar-refractivity contribution in [1.82, 2.24) is 9.88 Å². The molecular weight excluding hydrogens is 424 g/mol. The molecule has 2 aromatic rings. The molecule has 0 amide bonds. The Hall–Kier alpha value is -1.96. The molecule has 1 spiro atoms. The van der Waals surface area contributed by atoms with Crippen molar-refractivity contribution in [3.8, 4) is 17.0 Å². The van der Waals surface area contributed by atoms with Gasteiger partial charge in [0.15, 0.2) is 9.84 Å². The monoisotopic (exact) mass is 458 g/mol. The molecule has 0 saturated carbocycles. The Morgan fingerprint density at radius 2 is 1.94 bits per heavy atom. The molecule has 174 valence electrons.